The highest BCUT2D eigenvalue weighted by molar-refractivity contribution is 5.84. The van der Waals surface area contributed by atoms with E-state index in [2.05, 4.69) is 35.1 Å². The topological polar surface area (TPSA) is 19.0 Å². The maximum atomic E-state index is 13.2. The minimum absolute atomic E-state index is 0.177. The maximum Gasteiger partial charge on any atom is 0.123 e. The number of H-pyrrole nitrogens is 1. The van der Waals surface area contributed by atoms with Crippen molar-refractivity contribution in [3.63, 3.8) is 0 Å². The maximum absolute atomic E-state index is 13.2. The average Bonchev–Trinajstić information content (AvgIpc) is 2.96. The quantitative estimate of drug-likeness (QED) is 0.716. The van der Waals surface area contributed by atoms with E-state index in [4.69, 9.17) is 0 Å². The Morgan fingerprint density at radius 1 is 1.10 bits per heavy atom. The van der Waals surface area contributed by atoms with Gasteiger partial charge in [0.1, 0.15) is 5.82 Å². The number of hydrogen-bond donors (Lipinski definition) is 1. The summed E-state index contributed by atoms with van der Waals surface area (Å²) in [5, 5.41) is 1.30. The Labute approximate surface area is 123 Å². The normalized spacial score (nSPS) is 18.9. The van der Waals surface area contributed by atoms with Gasteiger partial charge in [0.25, 0.3) is 0 Å². The highest BCUT2D eigenvalue weighted by Crippen LogP contribution is 2.36. The molecule has 1 aromatic heterocycles. The van der Waals surface area contributed by atoms with Crippen molar-refractivity contribution in [2.75, 3.05) is 13.6 Å². The summed E-state index contributed by atoms with van der Waals surface area (Å²) < 4.78 is 13.2. The first kappa shape index (κ1) is 12.6. The molecule has 0 spiro atoms. The summed E-state index contributed by atoms with van der Waals surface area (Å²) in [5.41, 5.74) is 5.12. The third-order valence-corrected chi connectivity index (χ3v) is 4.45. The van der Waals surface area contributed by atoms with Crippen LogP contribution in [0.4, 0.5) is 4.39 Å². The second-order valence-corrected chi connectivity index (χ2v) is 5.87. The lowest BCUT2D eigenvalue weighted by atomic mass is 9.83. The Hall–Kier alpha value is -2.13. The molecule has 2 heterocycles. The molecule has 1 aliphatic heterocycles. The first-order valence-electron chi connectivity index (χ1n) is 7.25. The number of benzene rings is 2. The number of halogens is 1. The lowest BCUT2D eigenvalue weighted by molar-refractivity contribution is 0.296. The Bertz CT molecular complexity index is 789. The number of nitrogens with one attached hydrogen (secondary N) is 1. The van der Waals surface area contributed by atoms with Gasteiger partial charge < -0.3 is 9.88 Å². The molecule has 0 saturated carbocycles. The fraction of sp³-hybridized carbons (Fsp3) is 0.222. The third kappa shape index (κ3) is 2.05. The van der Waals surface area contributed by atoms with E-state index in [1.54, 1.807) is 12.1 Å². The monoisotopic (exact) mass is 280 g/mol. The number of hydrogen-bond acceptors (Lipinski definition) is 1. The van der Waals surface area contributed by atoms with Crippen LogP contribution in [0.25, 0.3) is 10.9 Å². The van der Waals surface area contributed by atoms with Gasteiger partial charge in [-0.05, 0) is 48.0 Å². The van der Waals surface area contributed by atoms with Crippen molar-refractivity contribution in [1.29, 1.82) is 0 Å². The molecule has 1 atom stereocenters. The van der Waals surface area contributed by atoms with Crippen molar-refractivity contribution in [3.8, 4) is 0 Å². The molecule has 0 saturated heterocycles. The van der Waals surface area contributed by atoms with Gasteiger partial charge in [0.2, 0.25) is 0 Å². The molecule has 1 aliphatic rings. The van der Waals surface area contributed by atoms with Gasteiger partial charge in [-0.2, -0.15) is 0 Å². The predicted molar refractivity (Wildman–Crippen MR) is 82.9 cm³/mol. The fourth-order valence-electron chi connectivity index (χ4n) is 3.44. The van der Waals surface area contributed by atoms with Gasteiger partial charge >= 0.3 is 0 Å². The largest absolute Gasteiger partial charge is 0.361 e. The number of rotatable bonds is 1. The lowest BCUT2D eigenvalue weighted by Crippen LogP contribution is -2.31. The van der Waals surface area contributed by atoms with Crippen molar-refractivity contribution < 1.29 is 4.39 Å². The van der Waals surface area contributed by atoms with E-state index in [9.17, 15) is 4.39 Å². The highest BCUT2D eigenvalue weighted by Gasteiger charge is 2.26. The van der Waals surface area contributed by atoms with Crippen molar-refractivity contribution in [2.24, 2.45) is 0 Å². The molecule has 1 N–H and O–H groups in total. The molecule has 0 bridgehead atoms. The standard InChI is InChI=1S/C18H17FN2/c1-21-10-16(12-2-4-13(19)5-3-12)14-6-7-18-15(8-9-20-18)17(14)11-21/h2-9,16,20H,10-11H2,1H3. The van der Waals surface area contributed by atoms with Crippen LogP contribution in [-0.4, -0.2) is 23.5 Å². The number of fused-ring (bicyclic) bond motifs is 3. The molecule has 1 unspecified atom stereocenters. The Balaban J connectivity index is 1.89. The van der Waals surface area contributed by atoms with Gasteiger partial charge in [-0.25, -0.2) is 4.39 Å². The first-order valence-corrected chi connectivity index (χ1v) is 7.25. The van der Waals surface area contributed by atoms with Crippen LogP contribution in [-0.2, 0) is 6.54 Å². The van der Waals surface area contributed by atoms with Crippen LogP contribution in [0.15, 0.2) is 48.7 Å². The van der Waals surface area contributed by atoms with Crippen LogP contribution in [0.5, 0.6) is 0 Å². The van der Waals surface area contributed by atoms with Crippen molar-refractivity contribution in [2.45, 2.75) is 12.5 Å². The van der Waals surface area contributed by atoms with E-state index in [1.807, 2.05) is 18.3 Å². The van der Waals surface area contributed by atoms with Gasteiger partial charge in [0.05, 0.1) is 0 Å². The first-order chi connectivity index (χ1) is 10.2. The Kier molecular flexibility index (Phi) is 2.82. The molecule has 0 aliphatic carbocycles. The molecular weight excluding hydrogens is 263 g/mol. The average molecular weight is 280 g/mol. The van der Waals surface area contributed by atoms with E-state index >= 15 is 0 Å². The van der Waals surface area contributed by atoms with Crippen LogP contribution >= 0.6 is 0 Å². The summed E-state index contributed by atoms with van der Waals surface area (Å²) in [6.45, 7) is 1.93. The SMILES string of the molecule is CN1Cc2c(ccc3[nH]ccc23)C(c2ccc(F)cc2)C1. The van der Waals surface area contributed by atoms with Gasteiger partial charge in [-0.15, -0.1) is 0 Å². The third-order valence-electron chi connectivity index (χ3n) is 4.45. The molecule has 4 rings (SSSR count). The van der Waals surface area contributed by atoms with Crippen LogP contribution in [0.3, 0.4) is 0 Å². The fourth-order valence-corrected chi connectivity index (χ4v) is 3.44. The second-order valence-electron chi connectivity index (χ2n) is 5.87. The smallest absolute Gasteiger partial charge is 0.123 e. The molecule has 2 aromatic carbocycles. The number of likely N-dealkylation sites (N-methyl/N-ethyl adjacent to an activating group) is 1. The van der Waals surface area contributed by atoms with Gasteiger partial charge in [0.15, 0.2) is 0 Å². The van der Waals surface area contributed by atoms with Crippen LogP contribution in [0, 0.1) is 5.82 Å². The molecule has 21 heavy (non-hydrogen) atoms. The van der Waals surface area contributed by atoms with Crippen LogP contribution in [0.1, 0.15) is 22.6 Å². The van der Waals surface area contributed by atoms with Gasteiger partial charge in [-0.1, -0.05) is 18.2 Å². The molecule has 0 amide bonds. The summed E-state index contributed by atoms with van der Waals surface area (Å²) in [5.74, 6) is 0.128. The van der Waals surface area contributed by atoms with E-state index in [1.165, 1.54) is 27.6 Å². The summed E-state index contributed by atoms with van der Waals surface area (Å²) in [7, 11) is 2.14. The molecule has 0 radical (unpaired) electrons. The molecule has 0 fully saturated rings. The molecule has 106 valence electrons. The minimum Gasteiger partial charge on any atom is -0.361 e. The zero-order valence-corrected chi connectivity index (χ0v) is 11.9. The Morgan fingerprint density at radius 2 is 1.90 bits per heavy atom. The second kappa shape index (κ2) is 4.71. The minimum atomic E-state index is -0.177. The van der Waals surface area contributed by atoms with Gasteiger partial charge in [-0.3, -0.25) is 0 Å². The molecule has 3 heteroatoms. The molecular formula is C18H17FN2. The highest BCUT2D eigenvalue weighted by atomic mass is 19.1. The zero-order chi connectivity index (χ0) is 14.4. The van der Waals surface area contributed by atoms with E-state index < -0.39 is 0 Å². The Morgan fingerprint density at radius 3 is 2.71 bits per heavy atom. The number of nitrogens with zero attached hydrogens (tertiary/aromatic N) is 1. The van der Waals surface area contributed by atoms with Crippen LogP contribution < -0.4 is 0 Å². The van der Waals surface area contributed by atoms with Crippen molar-refractivity contribution in [1.82, 2.24) is 9.88 Å². The van der Waals surface area contributed by atoms with E-state index in [0.717, 1.165) is 13.1 Å². The van der Waals surface area contributed by atoms with Crippen molar-refractivity contribution in [3.05, 3.63) is 71.2 Å². The molecule has 3 aromatic rings. The van der Waals surface area contributed by atoms with Crippen LogP contribution in [0.2, 0.25) is 0 Å². The number of aromatic nitrogens is 1. The number of aromatic amines is 1. The molecule has 2 nitrogen and oxygen atoms in total. The lowest BCUT2D eigenvalue weighted by Gasteiger charge is -2.33. The summed E-state index contributed by atoms with van der Waals surface area (Å²) in [6, 6.07) is 13.4. The summed E-state index contributed by atoms with van der Waals surface area (Å²) in [6.07, 6.45) is 1.99. The van der Waals surface area contributed by atoms with Gasteiger partial charge in [0, 0.05) is 36.1 Å². The summed E-state index contributed by atoms with van der Waals surface area (Å²) >= 11 is 0. The van der Waals surface area contributed by atoms with Crippen molar-refractivity contribution >= 4 is 10.9 Å². The summed E-state index contributed by atoms with van der Waals surface area (Å²) in [4.78, 5) is 5.61. The predicted octanol–water partition coefficient (Wildman–Crippen LogP) is 3.88. The zero-order valence-electron chi connectivity index (χ0n) is 11.9. The van der Waals surface area contributed by atoms with E-state index in [0.29, 0.717) is 5.92 Å². The van der Waals surface area contributed by atoms with E-state index in [-0.39, 0.29) is 5.82 Å².